The molecule has 0 fully saturated rings. The quantitative estimate of drug-likeness (QED) is 0.488. The van der Waals surface area contributed by atoms with Crippen LogP contribution in [0.5, 0.6) is 0 Å². The minimum atomic E-state index is -4.48. The smallest absolute Gasteiger partial charge is 0.241 e. The second-order valence-electron chi connectivity index (χ2n) is 5.75. The van der Waals surface area contributed by atoms with Gasteiger partial charge >= 0.3 is 6.18 Å². The van der Waals surface area contributed by atoms with E-state index in [0.29, 0.717) is 5.52 Å². The normalized spacial score (nSPS) is 12.9. The zero-order valence-electron chi connectivity index (χ0n) is 13.3. The molecule has 0 saturated heterocycles. The van der Waals surface area contributed by atoms with Crippen molar-refractivity contribution in [3.8, 4) is 0 Å². The van der Waals surface area contributed by atoms with Crippen LogP contribution in [0, 0.1) is 6.92 Å². The summed E-state index contributed by atoms with van der Waals surface area (Å²) < 4.78 is 66.3. The fourth-order valence-electron chi connectivity index (χ4n) is 2.80. The summed E-state index contributed by atoms with van der Waals surface area (Å²) in [5.41, 5.74) is -0.0588. The minimum absolute atomic E-state index is 0.0349. The van der Waals surface area contributed by atoms with Crippen molar-refractivity contribution in [2.24, 2.45) is 0 Å². The molecule has 26 heavy (non-hydrogen) atoms. The lowest BCUT2D eigenvalue weighted by Crippen LogP contribution is -2.12. The lowest BCUT2D eigenvalue weighted by atomic mass is 10.1. The van der Waals surface area contributed by atoms with Crippen LogP contribution >= 0.6 is 11.3 Å². The van der Waals surface area contributed by atoms with E-state index in [2.05, 4.69) is 4.98 Å². The second-order valence-corrected chi connectivity index (χ2v) is 8.80. The molecule has 0 spiro atoms. The van der Waals surface area contributed by atoms with E-state index in [-0.39, 0.29) is 15.8 Å². The number of alkyl halides is 3. The topological polar surface area (TPSA) is 52.0 Å². The van der Waals surface area contributed by atoms with Crippen molar-refractivity contribution in [1.82, 2.24) is 8.96 Å². The van der Waals surface area contributed by atoms with E-state index in [9.17, 15) is 21.6 Å². The highest BCUT2D eigenvalue weighted by atomic mass is 32.2. The Morgan fingerprint density at radius 2 is 1.85 bits per heavy atom. The standard InChI is InChI=1S/C17H11F3N2O2S2/c1-10-21-14-9-13(3-5-16(14)25-10)26(23,24)22-7-6-11-8-12(17(18,19)20)2-4-15(11)22/h2-9H,1H3. The molecule has 0 unspecified atom stereocenters. The molecule has 0 N–H and O–H groups in total. The molecule has 134 valence electrons. The van der Waals surface area contributed by atoms with Crippen LogP contribution in [0.4, 0.5) is 13.2 Å². The molecule has 0 aliphatic rings. The van der Waals surface area contributed by atoms with Gasteiger partial charge in [-0.25, -0.2) is 17.4 Å². The summed E-state index contributed by atoms with van der Waals surface area (Å²) in [5, 5.41) is 1.02. The van der Waals surface area contributed by atoms with Gasteiger partial charge in [0.05, 0.1) is 31.2 Å². The van der Waals surface area contributed by atoms with Crippen LogP contribution in [0.1, 0.15) is 10.6 Å². The van der Waals surface area contributed by atoms with Gasteiger partial charge in [-0.3, -0.25) is 0 Å². The largest absolute Gasteiger partial charge is 0.416 e. The van der Waals surface area contributed by atoms with Gasteiger partial charge < -0.3 is 0 Å². The molecular formula is C17H11F3N2O2S2. The average molecular weight is 396 g/mol. The number of hydrogen-bond donors (Lipinski definition) is 0. The van der Waals surface area contributed by atoms with Crippen LogP contribution in [0.3, 0.4) is 0 Å². The maximum absolute atomic E-state index is 13.0. The first-order valence-corrected chi connectivity index (χ1v) is 9.73. The third-order valence-corrected chi connectivity index (χ3v) is 6.64. The number of benzene rings is 2. The van der Waals surface area contributed by atoms with Gasteiger partial charge in [0.25, 0.3) is 10.0 Å². The molecule has 0 aliphatic heterocycles. The number of rotatable bonds is 2. The summed E-state index contributed by atoms with van der Waals surface area (Å²) in [6.45, 7) is 1.83. The molecule has 2 aromatic carbocycles. The molecular weight excluding hydrogens is 385 g/mol. The van der Waals surface area contributed by atoms with Gasteiger partial charge in [0, 0.05) is 11.6 Å². The molecule has 9 heteroatoms. The molecule has 4 aromatic rings. The molecule has 4 rings (SSSR count). The molecule has 2 aromatic heterocycles. The number of nitrogens with zero attached hydrogens (tertiary/aromatic N) is 2. The van der Waals surface area contributed by atoms with Crippen LogP contribution in [0.25, 0.3) is 21.1 Å². The number of aryl methyl sites for hydroxylation is 1. The van der Waals surface area contributed by atoms with E-state index in [1.54, 1.807) is 6.07 Å². The SMILES string of the molecule is Cc1nc2cc(S(=O)(=O)n3ccc4cc(C(F)(F)F)ccc43)ccc2s1. The van der Waals surface area contributed by atoms with E-state index in [1.165, 1.54) is 41.8 Å². The molecule has 0 radical (unpaired) electrons. The summed E-state index contributed by atoms with van der Waals surface area (Å²) in [5.74, 6) is 0. The second kappa shape index (κ2) is 5.55. The maximum atomic E-state index is 13.0. The third-order valence-electron chi connectivity index (χ3n) is 4.00. The van der Waals surface area contributed by atoms with Crippen molar-refractivity contribution in [3.05, 3.63) is 59.2 Å². The summed E-state index contributed by atoms with van der Waals surface area (Å²) in [6.07, 6.45) is -3.22. The third kappa shape index (κ3) is 2.67. The molecule has 0 aliphatic carbocycles. The van der Waals surface area contributed by atoms with Gasteiger partial charge in [0.15, 0.2) is 0 Å². The Morgan fingerprint density at radius 1 is 1.08 bits per heavy atom. The Bertz CT molecular complexity index is 1250. The van der Waals surface area contributed by atoms with Gasteiger partial charge in [0.1, 0.15) is 0 Å². The van der Waals surface area contributed by atoms with Crippen molar-refractivity contribution in [3.63, 3.8) is 0 Å². The Morgan fingerprint density at radius 3 is 2.58 bits per heavy atom. The number of hydrogen-bond acceptors (Lipinski definition) is 4. The predicted octanol–water partition coefficient (Wildman–Crippen LogP) is 4.82. The van der Waals surface area contributed by atoms with Crippen LogP contribution in [0.15, 0.2) is 53.6 Å². The first-order valence-electron chi connectivity index (χ1n) is 7.47. The average Bonchev–Trinajstić information content (AvgIpc) is 3.14. The van der Waals surface area contributed by atoms with Gasteiger partial charge in [-0.05, 0) is 49.4 Å². The Hall–Kier alpha value is -2.39. The van der Waals surface area contributed by atoms with Crippen molar-refractivity contribution >= 4 is 42.5 Å². The number of fused-ring (bicyclic) bond motifs is 2. The Labute approximate surface area is 150 Å². The molecule has 0 amide bonds. The molecule has 2 heterocycles. The van der Waals surface area contributed by atoms with Crippen molar-refractivity contribution < 1.29 is 21.6 Å². The minimum Gasteiger partial charge on any atom is -0.241 e. The Balaban J connectivity index is 1.86. The van der Waals surface area contributed by atoms with E-state index in [4.69, 9.17) is 0 Å². The highest BCUT2D eigenvalue weighted by molar-refractivity contribution is 7.90. The molecule has 0 saturated carbocycles. The van der Waals surface area contributed by atoms with E-state index >= 15 is 0 Å². The van der Waals surface area contributed by atoms with Gasteiger partial charge in [-0.15, -0.1) is 11.3 Å². The van der Waals surface area contributed by atoms with Crippen LogP contribution in [-0.4, -0.2) is 17.4 Å². The van der Waals surface area contributed by atoms with Crippen LogP contribution in [0.2, 0.25) is 0 Å². The monoisotopic (exact) mass is 396 g/mol. The lowest BCUT2D eigenvalue weighted by Gasteiger charge is -2.09. The predicted molar refractivity (Wildman–Crippen MR) is 93.9 cm³/mol. The van der Waals surface area contributed by atoms with Crippen molar-refractivity contribution in [2.45, 2.75) is 18.0 Å². The van der Waals surface area contributed by atoms with Crippen molar-refractivity contribution in [1.29, 1.82) is 0 Å². The van der Waals surface area contributed by atoms with Gasteiger partial charge in [-0.2, -0.15) is 13.2 Å². The van der Waals surface area contributed by atoms with E-state index in [0.717, 1.165) is 25.8 Å². The first kappa shape index (κ1) is 17.0. The molecule has 0 bridgehead atoms. The zero-order valence-corrected chi connectivity index (χ0v) is 14.9. The summed E-state index contributed by atoms with van der Waals surface area (Å²) in [6, 6.07) is 8.97. The molecule has 0 atom stereocenters. The lowest BCUT2D eigenvalue weighted by molar-refractivity contribution is -0.137. The first-order chi connectivity index (χ1) is 12.2. The fourth-order valence-corrected chi connectivity index (χ4v) is 4.98. The number of halogens is 3. The number of aromatic nitrogens is 2. The molecule has 4 nitrogen and oxygen atoms in total. The van der Waals surface area contributed by atoms with Crippen molar-refractivity contribution in [2.75, 3.05) is 0 Å². The van der Waals surface area contributed by atoms with Gasteiger partial charge in [0.2, 0.25) is 0 Å². The van der Waals surface area contributed by atoms with Crippen LogP contribution < -0.4 is 0 Å². The Kier molecular flexibility index (Phi) is 3.64. The van der Waals surface area contributed by atoms with E-state index < -0.39 is 21.8 Å². The summed E-state index contributed by atoms with van der Waals surface area (Å²) in [4.78, 5) is 4.32. The van der Waals surface area contributed by atoms with Gasteiger partial charge in [-0.1, -0.05) is 0 Å². The maximum Gasteiger partial charge on any atom is 0.416 e. The van der Waals surface area contributed by atoms with E-state index in [1.807, 2.05) is 6.92 Å². The fraction of sp³-hybridized carbons (Fsp3) is 0.118. The summed E-state index contributed by atoms with van der Waals surface area (Å²) in [7, 11) is -3.95. The zero-order chi connectivity index (χ0) is 18.7. The summed E-state index contributed by atoms with van der Waals surface area (Å²) >= 11 is 1.46. The van der Waals surface area contributed by atoms with Crippen LogP contribution in [-0.2, 0) is 16.2 Å². The highest BCUT2D eigenvalue weighted by Gasteiger charge is 2.31. The number of thiazole rings is 1. The highest BCUT2D eigenvalue weighted by Crippen LogP contribution is 2.33.